The minimum absolute atomic E-state index is 0.103. The molecule has 90 valence electrons. The average Bonchev–Trinajstić information content (AvgIpc) is 2.68. The zero-order valence-electron chi connectivity index (χ0n) is 9.76. The highest BCUT2D eigenvalue weighted by molar-refractivity contribution is 5.73. The summed E-state index contributed by atoms with van der Waals surface area (Å²) in [6.45, 7) is 5.37. The first-order chi connectivity index (χ1) is 7.61. The van der Waals surface area contributed by atoms with Crippen molar-refractivity contribution in [3.05, 3.63) is 18.7 Å². The molecular weight excluding hydrogens is 206 g/mol. The maximum Gasteiger partial charge on any atom is 0.320 e. The van der Waals surface area contributed by atoms with E-state index in [1.807, 2.05) is 24.6 Å². The van der Waals surface area contributed by atoms with Gasteiger partial charge in [0.1, 0.15) is 6.04 Å². The minimum Gasteiger partial charge on any atom is -0.480 e. The Labute approximate surface area is 95.5 Å². The molecule has 5 heteroatoms. The van der Waals surface area contributed by atoms with Crippen LogP contribution in [0.3, 0.4) is 0 Å². The number of nitrogens with zero attached hydrogens (tertiary/aromatic N) is 2. The van der Waals surface area contributed by atoms with Crippen molar-refractivity contribution in [3.8, 4) is 0 Å². The molecule has 0 aliphatic heterocycles. The minimum atomic E-state index is -0.780. The molecule has 5 nitrogen and oxygen atoms in total. The molecule has 1 aromatic rings. The van der Waals surface area contributed by atoms with Crippen LogP contribution in [-0.4, -0.2) is 33.2 Å². The van der Waals surface area contributed by atoms with Gasteiger partial charge in [0.15, 0.2) is 0 Å². The van der Waals surface area contributed by atoms with E-state index in [-0.39, 0.29) is 5.92 Å². The number of aromatic nitrogens is 2. The van der Waals surface area contributed by atoms with Gasteiger partial charge in [-0.2, -0.15) is 0 Å². The Morgan fingerprint density at radius 1 is 1.56 bits per heavy atom. The van der Waals surface area contributed by atoms with Gasteiger partial charge in [0.2, 0.25) is 0 Å². The molecule has 0 aliphatic carbocycles. The largest absolute Gasteiger partial charge is 0.480 e. The fraction of sp³-hybridized carbons (Fsp3) is 0.636. The van der Waals surface area contributed by atoms with Crippen LogP contribution in [0.4, 0.5) is 0 Å². The van der Waals surface area contributed by atoms with Crippen LogP contribution in [0, 0.1) is 5.92 Å². The van der Waals surface area contributed by atoms with E-state index < -0.39 is 12.0 Å². The predicted molar refractivity (Wildman–Crippen MR) is 61.1 cm³/mol. The number of hydrogen-bond donors (Lipinski definition) is 2. The van der Waals surface area contributed by atoms with Crippen LogP contribution in [0.1, 0.15) is 20.3 Å². The number of carboxylic acids is 1. The summed E-state index contributed by atoms with van der Waals surface area (Å²) in [4.78, 5) is 14.8. The second kappa shape index (κ2) is 6.27. The normalized spacial score (nSPS) is 12.9. The van der Waals surface area contributed by atoms with Gasteiger partial charge in [-0.25, -0.2) is 4.98 Å². The summed E-state index contributed by atoms with van der Waals surface area (Å²) < 4.78 is 1.98. The number of carbonyl (C=O) groups is 1. The summed E-state index contributed by atoms with van der Waals surface area (Å²) in [5.41, 5.74) is 0. The fourth-order valence-electron chi connectivity index (χ4n) is 1.55. The van der Waals surface area contributed by atoms with Crippen molar-refractivity contribution >= 4 is 5.97 Å². The Morgan fingerprint density at radius 3 is 2.81 bits per heavy atom. The van der Waals surface area contributed by atoms with Crippen LogP contribution >= 0.6 is 0 Å². The van der Waals surface area contributed by atoms with Crippen molar-refractivity contribution in [3.63, 3.8) is 0 Å². The number of imidazole rings is 1. The molecule has 16 heavy (non-hydrogen) atoms. The van der Waals surface area contributed by atoms with Gasteiger partial charge in [-0.15, -0.1) is 0 Å². The molecule has 1 rings (SSSR count). The molecule has 0 saturated heterocycles. The number of nitrogens with one attached hydrogen (secondary N) is 1. The lowest BCUT2D eigenvalue weighted by molar-refractivity contribution is -0.140. The monoisotopic (exact) mass is 225 g/mol. The lowest BCUT2D eigenvalue weighted by atomic mass is 10.0. The summed E-state index contributed by atoms with van der Waals surface area (Å²) >= 11 is 0. The van der Waals surface area contributed by atoms with Crippen LogP contribution in [0.15, 0.2) is 18.7 Å². The summed E-state index contributed by atoms with van der Waals surface area (Å²) in [6.07, 6.45) is 6.29. The van der Waals surface area contributed by atoms with Crippen molar-refractivity contribution in [2.24, 2.45) is 5.92 Å². The number of carboxylic acid groups (broad SMARTS) is 1. The average molecular weight is 225 g/mol. The maximum absolute atomic E-state index is 10.9. The molecule has 0 fully saturated rings. The molecular formula is C11H19N3O2. The van der Waals surface area contributed by atoms with E-state index in [4.69, 9.17) is 5.11 Å². The lowest BCUT2D eigenvalue weighted by Crippen LogP contribution is -2.41. The second-order valence-corrected chi connectivity index (χ2v) is 4.17. The summed E-state index contributed by atoms with van der Waals surface area (Å²) in [5.74, 6) is -0.677. The Bertz CT molecular complexity index is 309. The molecule has 1 aromatic heterocycles. The molecule has 1 unspecified atom stereocenters. The molecule has 1 heterocycles. The van der Waals surface area contributed by atoms with Gasteiger partial charge in [0.25, 0.3) is 0 Å². The third kappa shape index (κ3) is 4.02. The highest BCUT2D eigenvalue weighted by Gasteiger charge is 2.19. The summed E-state index contributed by atoms with van der Waals surface area (Å²) in [5, 5.41) is 12.0. The predicted octanol–water partition coefficient (Wildman–Crippen LogP) is 0.972. The molecule has 1 atom stereocenters. The molecule has 0 aliphatic rings. The van der Waals surface area contributed by atoms with Crippen molar-refractivity contribution in [2.45, 2.75) is 32.9 Å². The summed E-state index contributed by atoms with van der Waals surface area (Å²) in [6, 6.07) is -0.456. The van der Waals surface area contributed by atoms with E-state index in [0.717, 1.165) is 13.0 Å². The van der Waals surface area contributed by atoms with Gasteiger partial charge < -0.3 is 15.0 Å². The highest BCUT2D eigenvalue weighted by atomic mass is 16.4. The Hall–Kier alpha value is -1.36. The van der Waals surface area contributed by atoms with E-state index in [1.54, 1.807) is 12.5 Å². The van der Waals surface area contributed by atoms with Crippen molar-refractivity contribution in [1.82, 2.24) is 14.9 Å². The van der Waals surface area contributed by atoms with E-state index >= 15 is 0 Å². The smallest absolute Gasteiger partial charge is 0.320 e. The first kappa shape index (κ1) is 12.7. The van der Waals surface area contributed by atoms with E-state index in [0.29, 0.717) is 6.54 Å². The maximum atomic E-state index is 10.9. The van der Waals surface area contributed by atoms with Crippen LogP contribution in [-0.2, 0) is 11.3 Å². The van der Waals surface area contributed by atoms with Gasteiger partial charge in [-0.3, -0.25) is 4.79 Å². The van der Waals surface area contributed by atoms with Crippen molar-refractivity contribution in [1.29, 1.82) is 0 Å². The van der Waals surface area contributed by atoms with Gasteiger partial charge in [-0.05, 0) is 18.9 Å². The molecule has 0 bridgehead atoms. The second-order valence-electron chi connectivity index (χ2n) is 4.17. The number of aliphatic carboxylic acids is 1. The number of rotatable bonds is 7. The van der Waals surface area contributed by atoms with Gasteiger partial charge in [-0.1, -0.05) is 13.8 Å². The standard InChI is InChI=1S/C11H19N3O2/c1-9(2)10(11(15)16)13-4-3-6-14-7-5-12-8-14/h5,7-10,13H,3-4,6H2,1-2H3,(H,15,16). The fourth-order valence-corrected chi connectivity index (χ4v) is 1.55. The summed E-state index contributed by atoms with van der Waals surface area (Å²) in [7, 11) is 0. The zero-order chi connectivity index (χ0) is 12.0. The first-order valence-electron chi connectivity index (χ1n) is 5.53. The molecule has 2 N–H and O–H groups in total. The van der Waals surface area contributed by atoms with Crippen LogP contribution < -0.4 is 5.32 Å². The van der Waals surface area contributed by atoms with E-state index in [9.17, 15) is 4.79 Å². The van der Waals surface area contributed by atoms with Gasteiger partial charge in [0.05, 0.1) is 6.33 Å². The molecule has 0 amide bonds. The Kier molecular flexibility index (Phi) is 4.98. The van der Waals surface area contributed by atoms with E-state index in [2.05, 4.69) is 10.3 Å². The van der Waals surface area contributed by atoms with Gasteiger partial charge in [0, 0.05) is 18.9 Å². The Balaban J connectivity index is 2.21. The third-order valence-electron chi connectivity index (χ3n) is 2.45. The van der Waals surface area contributed by atoms with Crippen molar-refractivity contribution in [2.75, 3.05) is 6.54 Å². The molecule has 0 radical (unpaired) electrons. The quantitative estimate of drug-likeness (QED) is 0.679. The topological polar surface area (TPSA) is 67.2 Å². The number of aryl methyl sites for hydroxylation is 1. The van der Waals surface area contributed by atoms with Crippen LogP contribution in [0.25, 0.3) is 0 Å². The van der Waals surface area contributed by atoms with Crippen LogP contribution in [0.5, 0.6) is 0 Å². The zero-order valence-corrected chi connectivity index (χ0v) is 9.76. The van der Waals surface area contributed by atoms with Crippen molar-refractivity contribution < 1.29 is 9.90 Å². The first-order valence-corrected chi connectivity index (χ1v) is 5.53. The Morgan fingerprint density at radius 2 is 2.31 bits per heavy atom. The highest BCUT2D eigenvalue weighted by Crippen LogP contribution is 2.01. The lowest BCUT2D eigenvalue weighted by Gasteiger charge is -2.17. The molecule has 0 spiro atoms. The number of hydrogen-bond acceptors (Lipinski definition) is 3. The third-order valence-corrected chi connectivity index (χ3v) is 2.45. The molecule has 0 aromatic carbocycles. The SMILES string of the molecule is CC(C)C(NCCCn1ccnc1)C(=O)O. The van der Waals surface area contributed by atoms with Gasteiger partial charge >= 0.3 is 5.97 Å². The van der Waals surface area contributed by atoms with E-state index in [1.165, 1.54) is 0 Å². The van der Waals surface area contributed by atoms with Crippen LogP contribution in [0.2, 0.25) is 0 Å². The molecule has 0 saturated carbocycles.